The molecule has 0 radical (unpaired) electrons. The van der Waals surface area contributed by atoms with Gasteiger partial charge in [0.25, 0.3) is 5.91 Å². The summed E-state index contributed by atoms with van der Waals surface area (Å²) in [6.07, 6.45) is -0.957. The zero-order valence-corrected chi connectivity index (χ0v) is 19.0. The van der Waals surface area contributed by atoms with E-state index in [1.807, 2.05) is 0 Å². The number of nitrogens with zero attached hydrogens (tertiary/aromatic N) is 4. The van der Waals surface area contributed by atoms with Crippen molar-refractivity contribution in [2.45, 2.75) is 37.3 Å². The standard InChI is InChI=1S/C22H22F3N5O3S/c1-15-9-10-16(13-20(15)34(32,33)29-11-5-2-6-12-29)26-21(31)18-14-30(28-27-18)19-8-4-3-7-17(19)22(23,24)25/h3-4,7-10,13-14H,2,5-6,11-12H2,1H3,(H,26,31). The topological polar surface area (TPSA) is 97.2 Å². The Bertz CT molecular complexity index is 1320. The summed E-state index contributed by atoms with van der Waals surface area (Å²) < 4.78 is 68.4. The molecule has 12 heteroatoms. The number of anilines is 1. The van der Waals surface area contributed by atoms with Crippen LogP contribution in [-0.4, -0.2) is 46.7 Å². The van der Waals surface area contributed by atoms with Crippen molar-refractivity contribution in [3.8, 4) is 5.69 Å². The molecule has 0 spiro atoms. The maximum absolute atomic E-state index is 13.3. The van der Waals surface area contributed by atoms with Crippen LogP contribution in [0.5, 0.6) is 0 Å². The summed E-state index contributed by atoms with van der Waals surface area (Å²) in [5, 5.41) is 9.89. The SMILES string of the molecule is Cc1ccc(NC(=O)c2cn(-c3ccccc3C(F)(F)F)nn2)cc1S(=O)(=O)N1CCCCC1. The molecule has 0 atom stereocenters. The van der Waals surface area contributed by atoms with Gasteiger partial charge in [0, 0.05) is 18.8 Å². The largest absolute Gasteiger partial charge is 0.418 e. The molecule has 3 aromatic rings. The maximum Gasteiger partial charge on any atom is 0.418 e. The van der Waals surface area contributed by atoms with E-state index in [0.717, 1.165) is 36.2 Å². The first kappa shape index (κ1) is 23.9. The highest BCUT2D eigenvalue weighted by Gasteiger charge is 2.34. The van der Waals surface area contributed by atoms with Gasteiger partial charge in [-0.15, -0.1) is 5.10 Å². The van der Waals surface area contributed by atoms with E-state index < -0.39 is 27.7 Å². The van der Waals surface area contributed by atoms with Gasteiger partial charge in [-0.05, 0) is 49.6 Å². The number of sulfonamides is 1. The second-order valence-corrected chi connectivity index (χ2v) is 9.87. The van der Waals surface area contributed by atoms with Gasteiger partial charge in [0.05, 0.1) is 22.3 Å². The van der Waals surface area contributed by atoms with Crippen molar-refractivity contribution in [3.05, 3.63) is 65.5 Å². The number of para-hydroxylation sites is 1. The van der Waals surface area contributed by atoms with E-state index >= 15 is 0 Å². The third-order valence-electron chi connectivity index (χ3n) is 5.56. The summed E-state index contributed by atoms with van der Waals surface area (Å²) in [6.45, 7) is 2.56. The van der Waals surface area contributed by atoms with E-state index in [4.69, 9.17) is 0 Å². The Hall–Kier alpha value is -3.25. The van der Waals surface area contributed by atoms with Gasteiger partial charge in [0.15, 0.2) is 5.69 Å². The molecule has 0 bridgehead atoms. The third-order valence-corrected chi connectivity index (χ3v) is 7.60. The Morgan fingerprint density at radius 3 is 2.47 bits per heavy atom. The average Bonchev–Trinajstić information content (AvgIpc) is 3.31. The molecule has 1 fully saturated rings. The second-order valence-electron chi connectivity index (χ2n) is 7.96. The van der Waals surface area contributed by atoms with Crippen LogP contribution in [0.15, 0.2) is 53.6 Å². The summed E-state index contributed by atoms with van der Waals surface area (Å²) in [4.78, 5) is 12.8. The van der Waals surface area contributed by atoms with Crippen molar-refractivity contribution >= 4 is 21.6 Å². The Labute approximate surface area is 194 Å². The van der Waals surface area contributed by atoms with E-state index in [9.17, 15) is 26.4 Å². The van der Waals surface area contributed by atoms with Crippen molar-refractivity contribution in [2.75, 3.05) is 18.4 Å². The number of aromatic nitrogens is 3. The fraction of sp³-hybridized carbons (Fsp3) is 0.318. The van der Waals surface area contributed by atoms with Gasteiger partial charge in [-0.3, -0.25) is 4.79 Å². The molecule has 2 heterocycles. The minimum Gasteiger partial charge on any atom is -0.321 e. The lowest BCUT2D eigenvalue weighted by Crippen LogP contribution is -2.36. The number of aryl methyl sites for hydroxylation is 1. The van der Waals surface area contributed by atoms with E-state index in [1.54, 1.807) is 19.1 Å². The highest BCUT2D eigenvalue weighted by atomic mass is 32.2. The van der Waals surface area contributed by atoms with Gasteiger partial charge in [-0.25, -0.2) is 13.1 Å². The van der Waals surface area contributed by atoms with Crippen LogP contribution >= 0.6 is 0 Å². The lowest BCUT2D eigenvalue weighted by molar-refractivity contribution is -0.137. The second kappa shape index (κ2) is 9.18. The molecule has 180 valence electrons. The van der Waals surface area contributed by atoms with Crippen molar-refractivity contribution in [1.29, 1.82) is 0 Å². The predicted molar refractivity (Wildman–Crippen MR) is 118 cm³/mol. The van der Waals surface area contributed by atoms with E-state index in [1.165, 1.54) is 28.6 Å². The van der Waals surface area contributed by atoms with E-state index in [0.29, 0.717) is 18.7 Å². The molecule has 1 aromatic heterocycles. The number of halogens is 3. The summed E-state index contributed by atoms with van der Waals surface area (Å²) in [5.74, 6) is -0.735. The van der Waals surface area contributed by atoms with Crippen molar-refractivity contribution in [2.24, 2.45) is 0 Å². The van der Waals surface area contributed by atoms with Crippen LogP contribution in [0.25, 0.3) is 5.69 Å². The minimum absolute atomic E-state index is 0.0926. The molecule has 0 aliphatic carbocycles. The molecule has 0 unspecified atom stereocenters. The van der Waals surface area contributed by atoms with Crippen molar-refractivity contribution in [1.82, 2.24) is 19.3 Å². The normalized spacial score (nSPS) is 15.3. The van der Waals surface area contributed by atoms with Crippen molar-refractivity contribution in [3.63, 3.8) is 0 Å². The number of amides is 1. The number of hydrogen-bond acceptors (Lipinski definition) is 5. The minimum atomic E-state index is -4.61. The quantitative estimate of drug-likeness (QED) is 0.579. The van der Waals surface area contributed by atoms with Crippen LogP contribution < -0.4 is 5.32 Å². The van der Waals surface area contributed by atoms with Crippen LogP contribution in [0.1, 0.15) is 40.9 Å². The highest BCUT2D eigenvalue weighted by Crippen LogP contribution is 2.33. The molecule has 1 aliphatic rings. The molecule has 34 heavy (non-hydrogen) atoms. The number of rotatable bonds is 5. The zero-order valence-electron chi connectivity index (χ0n) is 18.2. The van der Waals surface area contributed by atoms with Gasteiger partial charge < -0.3 is 5.32 Å². The van der Waals surface area contributed by atoms with E-state index in [2.05, 4.69) is 15.6 Å². The van der Waals surface area contributed by atoms with Crippen LogP contribution in [0.2, 0.25) is 0 Å². The van der Waals surface area contributed by atoms with Gasteiger partial charge >= 0.3 is 6.18 Å². The Balaban J connectivity index is 1.57. The number of piperidine rings is 1. The lowest BCUT2D eigenvalue weighted by atomic mass is 10.1. The molecule has 2 aromatic carbocycles. The Morgan fingerprint density at radius 2 is 1.76 bits per heavy atom. The molecule has 0 saturated carbocycles. The summed E-state index contributed by atoms with van der Waals surface area (Å²) in [6, 6.07) is 9.31. The first-order valence-electron chi connectivity index (χ1n) is 10.6. The van der Waals surface area contributed by atoms with Crippen LogP contribution in [0.3, 0.4) is 0 Å². The Kier molecular flexibility index (Phi) is 6.45. The number of alkyl halides is 3. The number of carbonyl (C=O) groups excluding carboxylic acids is 1. The van der Waals surface area contributed by atoms with Gasteiger partial charge in [0.1, 0.15) is 0 Å². The molecular weight excluding hydrogens is 471 g/mol. The molecule has 8 nitrogen and oxygen atoms in total. The fourth-order valence-electron chi connectivity index (χ4n) is 3.79. The lowest BCUT2D eigenvalue weighted by Gasteiger charge is -2.26. The zero-order chi connectivity index (χ0) is 24.5. The van der Waals surface area contributed by atoms with Crippen LogP contribution in [0.4, 0.5) is 18.9 Å². The molecule has 1 amide bonds. The van der Waals surface area contributed by atoms with Crippen molar-refractivity contribution < 1.29 is 26.4 Å². The maximum atomic E-state index is 13.3. The average molecular weight is 494 g/mol. The predicted octanol–water partition coefficient (Wildman–Crippen LogP) is 4.02. The number of benzene rings is 2. The van der Waals surface area contributed by atoms with Gasteiger partial charge in [0.2, 0.25) is 10.0 Å². The molecule has 1 saturated heterocycles. The number of carbonyl (C=O) groups is 1. The van der Waals surface area contributed by atoms with Crippen LogP contribution in [0, 0.1) is 6.92 Å². The van der Waals surface area contributed by atoms with E-state index in [-0.39, 0.29) is 22.0 Å². The smallest absolute Gasteiger partial charge is 0.321 e. The number of nitrogens with one attached hydrogen (secondary N) is 1. The molecule has 4 rings (SSSR count). The molecule has 1 aliphatic heterocycles. The fourth-order valence-corrected chi connectivity index (χ4v) is 5.56. The van der Waals surface area contributed by atoms with Gasteiger partial charge in [-0.2, -0.15) is 17.5 Å². The first-order valence-corrected chi connectivity index (χ1v) is 12.0. The summed E-state index contributed by atoms with van der Waals surface area (Å²) >= 11 is 0. The third kappa shape index (κ3) is 4.82. The summed E-state index contributed by atoms with van der Waals surface area (Å²) in [5.41, 5.74) is -0.655. The highest BCUT2D eigenvalue weighted by molar-refractivity contribution is 7.89. The monoisotopic (exact) mass is 493 g/mol. The molecule has 1 N–H and O–H groups in total. The number of hydrogen-bond donors (Lipinski definition) is 1. The molecular formula is C22H22F3N5O3S. The van der Waals surface area contributed by atoms with Gasteiger partial charge in [-0.1, -0.05) is 29.8 Å². The first-order chi connectivity index (χ1) is 16.1. The summed E-state index contributed by atoms with van der Waals surface area (Å²) in [7, 11) is -3.72. The Morgan fingerprint density at radius 1 is 1.06 bits per heavy atom. The van der Waals surface area contributed by atoms with Crippen LogP contribution in [-0.2, 0) is 16.2 Å².